The van der Waals surface area contributed by atoms with E-state index in [9.17, 15) is 4.79 Å². The van der Waals surface area contributed by atoms with Gasteiger partial charge >= 0.3 is 0 Å². The molecule has 0 aliphatic carbocycles. The Morgan fingerprint density at radius 1 is 1.52 bits per heavy atom. The van der Waals surface area contributed by atoms with E-state index in [0.717, 1.165) is 0 Å². The van der Waals surface area contributed by atoms with Crippen molar-refractivity contribution in [2.75, 3.05) is 25.6 Å². The molecule has 114 valence electrons. The second kappa shape index (κ2) is 9.41. The molecule has 0 saturated heterocycles. The minimum Gasteiger partial charge on any atom is -0.395 e. The highest BCUT2D eigenvalue weighted by molar-refractivity contribution is 6.31. The lowest BCUT2D eigenvalue weighted by molar-refractivity contribution is -0.117. The zero-order valence-electron chi connectivity index (χ0n) is 12.3. The average molecular weight is 310 g/mol. The number of anilines is 1. The molecule has 0 aromatic heterocycles. The van der Waals surface area contributed by atoms with Gasteiger partial charge < -0.3 is 15.2 Å². The summed E-state index contributed by atoms with van der Waals surface area (Å²) in [7, 11) is 1.61. The fourth-order valence-electron chi connectivity index (χ4n) is 1.80. The van der Waals surface area contributed by atoms with Crippen LogP contribution in [0.4, 0.5) is 5.69 Å². The maximum atomic E-state index is 12.0. The molecule has 5 heteroatoms. The Kier molecular flexibility index (Phi) is 7.84. The van der Waals surface area contributed by atoms with Crippen molar-refractivity contribution in [2.45, 2.75) is 19.8 Å². The summed E-state index contributed by atoms with van der Waals surface area (Å²) < 4.78 is 5.02. The van der Waals surface area contributed by atoms with Crippen molar-refractivity contribution < 1.29 is 14.6 Å². The highest BCUT2D eigenvalue weighted by Gasteiger charge is 2.11. The first-order chi connectivity index (χ1) is 10.1. The average Bonchev–Trinajstić information content (AvgIpc) is 2.41. The lowest BCUT2D eigenvalue weighted by Crippen LogP contribution is -2.18. The molecule has 0 spiro atoms. The molecular weight excluding hydrogens is 290 g/mol. The number of halogens is 1. The Labute approximate surface area is 130 Å². The summed E-state index contributed by atoms with van der Waals surface area (Å²) in [5, 5.41) is 12.1. The molecule has 0 aliphatic heterocycles. The highest BCUT2D eigenvalue weighted by atomic mass is 35.5. The first kappa shape index (κ1) is 17.5. The number of hydrogen-bond donors (Lipinski definition) is 2. The predicted molar refractivity (Wildman–Crippen MR) is 84.3 cm³/mol. The van der Waals surface area contributed by atoms with Gasteiger partial charge in [0, 0.05) is 37.1 Å². The van der Waals surface area contributed by atoms with Crippen molar-refractivity contribution in [2.24, 2.45) is 5.92 Å². The van der Waals surface area contributed by atoms with Crippen molar-refractivity contribution in [3.63, 3.8) is 0 Å². The first-order valence-corrected chi connectivity index (χ1v) is 7.12. The fraction of sp³-hybridized carbons (Fsp3) is 0.438. The number of nitrogens with one attached hydrogen (secondary N) is 1. The zero-order valence-corrected chi connectivity index (χ0v) is 13.0. The summed E-state index contributed by atoms with van der Waals surface area (Å²) in [6.45, 7) is 2.49. The Hall–Kier alpha value is -1.54. The Morgan fingerprint density at radius 2 is 2.29 bits per heavy atom. The Morgan fingerprint density at radius 3 is 2.95 bits per heavy atom. The number of carbonyl (C=O) groups is 1. The third kappa shape index (κ3) is 6.63. The van der Waals surface area contributed by atoms with E-state index >= 15 is 0 Å². The molecule has 0 aliphatic rings. The first-order valence-electron chi connectivity index (χ1n) is 6.75. The Bertz CT molecular complexity index is 534. The number of ether oxygens (including phenoxy) is 1. The van der Waals surface area contributed by atoms with Gasteiger partial charge in [-0.25, -0.2) is 0 Å². The summed E-state index contributed by atoms with van der Waals surface area (Å²) in [4.78, 5) is 12.0. The van der Waals surface area contributed by atoms with E-state index in [1.165, 1.54) is 0 Å². The van der Waals surface area contributed by atoms with Crippen LogP contribution in [-0.4, -0.2) is 31.3 Å². The van der Waals surface area contributed by atoms with Crippen LogP contribution >= 0.6 is 11.6 Å². The van der Waals surface area contributed by atoms with Crippen molar-refractivity contribution in [1.29, 1.82) is 0 Å². The molecule has 0 heterocycles. The summed E-state index contributed by atoms with van der Waals surface area (Å²) in [5.74, 6) is 5.78. The maximum Gasteiger partial charge on any atom is 0.224 e. The molecule has 1 rings (SSSR count). The van der Waals surface area contributed by atoms with Crippen LogP contribution < -0.4 is 5.32 Å². The number of aliphatic hydroxyl groups excluding tert-OH is 1. The molecule has 2 N–H and O–H groups in total. The van der Waals surface area contributed by atoms with E-state index in [-0.39, 0.29) is 18.4 Å². The molecule has 1 aromatic carbocycles. The molecule has 21 heavy (non-hydrogen) atoms. The SMILES string of the molecule is COCC(C)CC(=O)Nc1cc(Cl)ccc1C#CCCO. The van der Waals surface area contributed by atoms with E-state index in [1.54, 1.807) is 25.3 Å². The summed E-state index contributed by atoms with van der Waals surface area (Å²) in [5.41, 5.74) is 1.27. The van der Waals surface area contributed by atoms with Crippen LogP contribution in [0.3, 0.4) is 0 Å². The van der Waals surface area contributed by atoms with Crippen LogP contribution in [0.1, 0.15) is 25.3 Å². The molecule has 4 nitrogen and oxygen atoms in total. The molecule has 1 aromatic rings. The second-order valence-electron chi connectivity index (χ2n) is 4.78. The van der Waals surface area contributed by atoms with Gasteiger partial charge in [0.2, 0.25) is 5.91 Å². The zero-order chi connectivity index (χ0) is 15.7. The molecule has 1 atom stereocenters. The van der Waals surface area contributed by atoms with E-state index in [4.69, 9.17) is 21.4 Å². The van der Waals surface area contributed by atoms with Gasteiger partial charge in [-0.2, -0.15) is 0 Å². The molecule has 0 bridgehead atoms. The lowest BCUT2D eigenvalue weighted by Gasteiger charge is -2.12. The van der Waals surface area contributed by atoms with Gasteiger partial charge in [-0.05, 0) is 24.1 Å². The molecule has 1 amide bonds. The highest BCUT2D eigenvalue weighted by Crippen LogP contribution is 2.21. The molecular formula is C16H20ClNO3. The largest absolute Gasteiger partial charge is 0.395 e. The monoisotopic (exact) mass is 309 g/mol. The maximum absolute atomic E-state index is 12.0. The molecule has 0 saturated carbocycles. The molecule has 0 fully saturated rings. The Balaban J connectivity index is 2.79. The van der Waals surface area contributed by atoms with Gasteiger partial charge in [0.25, 0.3) is 0 Å². The standard InChI is InChI=1S/C16H20ClNO3/c1-12(11-21-2)9-16(20)18-15-10-14(17)7-6-13(15)5-3-4-8-19/h6-7,10,12,19H,4,8-9,11H2,1-2H3,(H,18,20). The van der Waals surface area contributed by atoms with Crippen LogP contribution in [0.15, 0.2) is 18.2 Å². The van der Waals surface area contributed by atoms with E-state index in [2.05, 4.69) is 17.2 Å². The normalized spacial score (nSPS) is 11.4. The second-order valence-corrected chi connectivity index (χ2v) is 5.21. The number of methoxy groups -OCH3 is 1. The third-order valence-corrected chi connectivity index (χ3v) is 2.94. The third-order valence-electron chi connectivity index (χ3n) is 2.70. The van der Waals surface area contributed by atoms with Crippen molar-refractivity contribution in [1.82, 2.24) is 0 Å². The quantitative estimate of drug-likeness (QED) is 0.794. The number of aliphatic hydroxyl groups is 1. The van der Waals surface area contributed by atoms with Gasteiger partial charge in [0.1, 0.15) is 0 Å². The number of amides is 1. The topological polar surface area (TPSA) is 58.6 Å². The van der Waals surface area contributed by atoms with Gasteiger partial charge in [-0.3, -0.25) is 4.79 Å². The summed E-state index contributed by atoms with van der Waals surface area (Å²) in [6, 6.07) is 5.14. The van der Waals surface area contributed by atoms with E-state index in [1.807, 2.05) is 6.92 Å². The fourth-order valence-corrected chi connectivity index (χ4v) is 1.98. The van der Waals surface area contributed by atoms with Gasteiger partial charge in [0.15, 0.2) is 0 Å². The molecule has 1 unspecified atom stereocenters. The minimum atomic E-state index is -0.105. The molecule has 0 radical (unpaired) electrons. The van der Waals surface area contributed by atoms with E-state index < -0.39 is 0 Å². The smallest absolute Gasteiger partial charge is 0.224 e. The minimum absolute atomic E-state index is 0.0107. The summed E-state index contributed by atoms with van der Waals surface area (Å²) >= 11 is 5.96. The van der Waals surface area contributed by atoms with Gasteiger partial charge in [-0.1, -0.05) is 30.4 Å². The number of hydrogen-bond acceptors (Lipinski definition) is 3. The number of benzene rings is 1. The van der Waals surface area contributed by atoms with Crippen LogP contribution in [0.5, 0.6) is 0 Å². The van der Waals surface area contributed by atoms with Crippen molar-refractivity contribution in [3.8, 4) is 11.8 Å². The van der Waals surface area contributed by atoms with Crippen LogP contribution in [-0.2, 0) is 9.53 Å². The number of rotatable bonds is 6. The van der Waals surface area contributed by atoms with E-state index in [0.29, 0.717) is 35.7 Å². The number of carbonyl (C=O) groups excluding carboxylic acids is 1. The van der Waals surface area contributed by atoms with Gasteiger partial charge in [-0.15, -0.1) is 0 Å². The summed E-state index contributed by atoms with van der Waals surface area (Å²) in [6.07, 6.45) is 0.755. The van der Waals surface area contributed by atoms with Crippen molar-refractivity contribution >= 4 is 23.2 Å². The van der Waals surface area contributed by atoms with Crippen LogP contribution in [0, 0.1) is 17.8 Å². The van der Waals surface area contributed by atoms with Crippen LogP contribution in [0.2, 0.25) is 5.02 Å². The van der Waals surface area contributed by atoms with Crippen molar-refractivity contribution in [3.05, 3.63) is 28.8 Å². The van der Waals surface area contributed by atoms with Gasteiger partial charge in [0.05, 0.1) is 12.3 Å². The lowest BCUT2D eigenvalue weighted by atomic mass is 10.1. The predicted octanol–water partition coefficient (Wildman–Crippen LogP) is 2.69. The van der Waals surface area contributed by atoms with Crippen LogP contribution in [0.25, 0.3) is 0 Å².